The first-order chi connectivity index (χ1) is 24.0. The molecule has 0 radical (unpaired) electrons. The smallest absolute Gasteiger partial charge is 0.228 e. The van der Waals surface area contributed by atoms with Gasteiger partial charge in [0.15, 0.2) is 0 Å². The first kappa shape index (κ1) is 37.9. The van der Waals surface area contributed by atoms with Crippen LogP contribution in [0.2, 0.25) is 0 Å². The van der Waals surface area contributed by atoms with Gasteiger partial charge >= 0.3 is 0 Å². The number of amides is 1. The van der Waals surface area contributed by atoms with Gasteiger partial charge in [-0.15, -0.1) is 5.10 Å². The minimum Gasteiger partial charge on any atom is -0.401 e. The number of para-hydroxylation sites is 1. The molecular weight excluding hydrogens is 628 g/mol. The summed E-state index contributed by atoms with van der Waals surface area (Å²) in [6, 6.07) is 16.0. The molecule has 0 bridgehead atoms. The number of hydrogen-bond acceptors (Lipinski definition) is 12. The second kappa shape index (κ2) is 21.3. The number of anilines is 1. The van der Waals surface area contributed by atoms with E-state index in [2.05, 4.69) is 27.8 Å². The summed E-state index contributed by atoms with van der Waals surface area (Å²) in [6.45, 7) is 8.88. The molecule has 3 aromatic rings. The zero-order valence-corrected chi connectivity index (χ0v) is 28.9. The Hall–Kier alpha value is -3.89. The van der Waals surface area contributed by atoms with Crippen molar-refractivity contribution >= 4 is 11.6 Å². The van der Waals surface area contributed by atoms with Crippen molar-refractivity contribution in [3.8, 4) is 22.5 Å². The fraction of sp³-hybridized carbons (Fsp3) is 0.514. The lowest BCUT2D eigenvalue weighted by atomic mass is 9.95. The summed E-state index contributed by atoms with van der Waals surface area (Å²) < 4.78 is 30.0. The van der Waals surface area contributed by atoms with E-state index in [1.54, 1.807) is 6.20 Å². The van der Waals surface area contributed by atoms with E-state index in [1.807, 2.05) is 60.0 Å². The first-order valence-electron chi connectivity index (χ1n) is 17.0. The van der Waals surface area contributed by atoms with E-state index >= 15 is 0 Å². The number of nitrogens with one attached hydrogen (secondary N) is 1. The Kier molecular flexibility index (Phi) is 16.4. The molecule has 268 valence electrons. The Morgan fingerprint density at radius 1 is 0.878 bits per heavy atom. The van der Waals surface area contributed by atoms with E-state index in [-0.39, 0.29) is 5.91 Å². The zero-order valence-electron chi connectivity index (χ0n) is 28.9. The van der Waals surface area contributed by atoms with Gasteiger partial charge in [-0.3, -0.25) is 4.79 Å². The van der Waals surface area contributed by atoms with E-state index in [0.717, 1.165) is 45.9 Å². The number of hydrazine groups is 1. The SMILES string of the molecule is CC/C(N)=C/N(N)CCOCCOCCOCCOCCOCCn1nnc2c1-c1ccccc1CN(C(=O)CCNC)c1ccccc1-2. The zero-order chi connectivity index (χ0) is 34.7. The number of carbonyl (C=O) groups excluding carboxylic acids is 1. The number of nitrogens with zero attached hydrogens (tertiary/aromatic N) is 5. The molecule has 5 N–H and O–H groups in total. The van der Waals surface area contributed by atoms with Crippen molar-refractivity contribution < 1.29 is 28.5 Å². The van der Waals surface area contributed by atoms with Crippen LogP contribution in [0.5, 0.6) is 0 Å². The molecule has 0 atom stereocenters. The van der Waals surface area contributed by atoms with Crippen LogP contribution < -0.4 is 21.8 Å². The van der Waals surface area contributed by atoms with Gasteiger partial charge in [0.25, 0.3) is 0 Å². The van der Waals surface area contributed by atoms with Gasteiger partial charge in [0.2, 0.25) is 5.91 Å². The summed E-state index contributed by atoms with van der Waals surface area (Å²) in [5, 5.41) is 13.7. The molecule has 0 unspecified atom stereocenters. The molecule has 0 saturated heterocycles. The predicted octanol–water partition coefficient (Wildman–Crippen LogP) is 2.54. The molecule has 1 aliphatic heterocycles. The molecule has 0 spiro atoms. The van der Waals surface area contributed by atoms with Crippen molar-refractivity contribution in [3.05, 3.63) is 66.0 Å². The lowest BCUT2D eigenvalue weighted by Gasteiger charge is -2.28. The highest BCUT2D eigenvalue weighted by Gasteiger charge is 2.28. The Morgan fingerprint density at radius 3 is 2.12 bits per heavy atom. The predicted molar refractivity (Wildman–Crippen MR) is 188 cm³/mol. The van der Waals surface area contributed by atoms with Crippen LogP contribution in [0.3, 0.4) is 0 Å². The van der Waals surface area contributed by atoms with Crippen LogP contribution in [0.4, 0.5) is 5.69 Å². The van der Waals surface area contributed by atoms with Crippen LogP contribution >= 0.6 is 0 Å². The quantitative estimate of drug-likeness (QED) is 0.0763. The Bertz CT molecular complexity index is 1450. The highest BCUT2D eigenvalue weighted by Crippen LogP contribution is 2.41. The average Bonchev–Trinajstić information content (AvgIpc) is 3.53. The van der Waals surface area contributed by atoms with Gasteiger partial charge in [0.1, 0.15) is 5.69 Å². The van der Waals surface area contributed by atoms with Gasteiger partial charge in [-0.25, -0.2) is 10.5 Å². The largest absolute Gasteiger partial charge is 0.401 e. The highest BCUT2D eigenvalue weighted by atomic mass is 16.6. The molecule has 1 aromatic heterocycles. The number of fused-ring (bicyclic) bond motifs is 5. The Morgan fingerprint density at radius 2 is 1.47 bits per heavy atom. The van der Waals surface area contributed by atoms with Gasteiger partial charge < -0.3 is 44.6 Å². The number of nitrogens with two attached hydrogens (primary N) is 2. The molecule has 1 amide bonds. The molecule has 1 aliphatic rings. The van der Waals surface area contributed by atoms with Crippen molar-refractivity contribution in [2.24, 2.45) is 11.6 Å². The van der Waals surface area contributed by atoms with Crippen molar-refractivity contribution in [2.45, 2.75) is 32.9 Å². The summed E-state index contributed by atoms with van der Waals surface area (Å²) in [6.07, 6.45) is 2.88. The fourth-order valence-corrected chi connectivity index (χ4v) is 5.23. The monoisotopic (exact) mass is 680 g/mol. The minimum atomic E-state index is 0.0553. The van der Waals surface area contributed by atoms with E-state index in [1.165, 1.54) is 5.01 Å². The third-order valence-electron chi connectivity index (χ3n) is 7.85. The fourth-order valence-electron chi connectivity index (χ4n) is 5.23. The van der Waals surface area contributed by atoms with E-state index in [9.17, 15) is 4.79 Å². The molecule has 0 saturated carbocycles. The molecule has 4 rings (SSSR count). The standard InChI is InChI=1S/C35H52N8O6/c1-3-29(36)27-41(37)14-16-45-18-20-47-22-24-49-25-23-48-21-19-46-17-15-43-35-30-9-5-4-8-28(30)26-42(33(44)12-13-38-2)32-11-7-6-10-31(32)34(35)39-40-43/h4-11,27,38H,3,12-26,36-37H2,1-2H3/b29-27-. The molecule has 0 aliphatic carbocycles. The van der Waals surface area contributed by atoms with E-state index < -0.39 is 0 Å². The van der Waals surface area contributed by atoms with Crippen LogP contribution in [-0.4, -0.2) is 112 Å². The molecule has 49 heavy (non-hydrogen) atoms. The second-order valence-electron chi connectivity index (χ2n) is 11.4. The van der Waals surface area contributed by atoms with Gasteiger partial charge in [-0.05, 0) is 25.1 Å². The molecule has 14 heteroatoms. The van der Waals surface area contributed by atoms with Crippen LogP contribution in [0.1, 0.15) is 25.3 Å². The highest BCUT2D eigenvalue weighted by molar-refractivity contribution is 6.00. The number of allylic oxidation sites excluding steroid dienone is 1. The first-order valence-corrected chi connectivity index (χ1v) is 17.0. The summed E-state index contributed by atoms with van der Waals surface area (Å²) >= 11 is 0. The molecule has 2 heterocycles. The average molecular weight is 681 g/mol. The van der Waals surface area contributed by atoms with Gasteiger partial charge in [0, 0.05) is 36.0 Å². The molecule has 14 nitrogen and oxygen atoms in total. The number of rotatable bonds is 23. The summed E-state index contributed by atoms with van der Waals surface area (Å²) in [5.41, 5.74) is 11.9. The normalized spacial score (nSPS) is 12.6. The van der Waals surface area contributed by atoms with Crippen molar-refractivity contribution in [1.29, 1.82) is 0 Å². The molecular formula is C35H52N8O6. The third-order valence-corrected chi connectivity index (χ3v) is 7.85. The van der Waals surface area contributed by atoms with E-state index in [4.69, 9.17) is 35.3 Å². The third kappa shape index (κ3) is 11.9. The lowest BCUT2D eigenvalue weighted by Crippen LogP contribution is -2.33. The maximum atomic E-state index is 13.3. The Labute approximate surface area is 289 Å². The van der Waals surface area contributed by atoms with Gasteiger partial charge in [-0.1, -0.05) is 54.6 Å². The summed E-state index contributed by atoms with van der Waals surface area (Å²) in [7, 11) is 1.85. The number of benzene rings is 2. The van der Waals surface area contributed by atoms with Gasteiger partial charge in [0.05, 0.1) is 97.1 Å². The Balaban J connectivity index is 1.13. The maximum absolute atomic E-state index is 13.3. The van der Waals surface area contributed by atoms with Crippen LogP contribution in [-0.2, 0) is 41.6 Å². The van der Waals surface area contributed by atoms with Crippen LogP contribution in [0.25, 0.3) is 22.5 Å². The lowest BCUT2D eigenvalue weighted by molar-refractivity contribution is -0.118. The summed E-state index contributed by atoms with van der Waals surface area (Å²) in [4.78, 5) is 15.2. The van der Waals surface area contributed by atoms with Crippen molar-refractivity contribution in [2.75, 3.05) is 91.1 Å². The van der Waals surface area contributed by atoms with E-state index in [0.29, 0.717) is 98.7 Å². The second-order valence-corrected chi connectivity index (χ2v) is 11.4. The number of ether oxygens (including phenoxy) is 5. The van der Waals surface area contributed by atoms with Crippen molar-refractivity contribution in [1.82, 2.24) is 25.3 Å². The van der Waals surface area contributed by atoms with Crippen LogP contribution in [0.15, 0.2) is 60.4 Å². The number of aromatic nitrogens is 3. The van der Waals surface area contributed by atoms with Crippen molar-refractivity contribution in [3.63, 3.8) is 0 Å². The molecule has 2 aromatic carbocycles. The topological polar surface area (TPSA) is 164 Å². The minimum absolute atomic E-state index is 0.0553. The maximum Gasteiger partial charge on any atom is 0.228 e. The van der Waals surface area contributed by atoms with Crippen LogP contribution in [0, 0.1) is 0 Å². The van der Waals surface area contributed by atoms with Gasteiger partial charge in [-0.2, -0.15) is 0 Å². The number of hydrogen-bond donors (Lipinski definition) is 3. The number of carbonyl (C=O) groups is 1. The summed E-state index contributed by atoms with van der Waals surface area (Å²) in [5.74, 6) is 5.87. The molecule has 0 fully saturated rings.